The van der Waals surface area contributed by atoms with Crippen molar-refractivity contribution in [3.63, 3.8) is 0 Å². The van der Waals surface area contributed by atoms with E-state index in [1.54, 1.807) is 31.2 Å². The fourth-order valence-corrected chi connectivity index (χ4v) is 4.48. The van der Waals surface area contributed by atoms with Crippen LogP contribution in [0, 0.1) is 11.7 Å². The van der Waals surface area contributed by atoms with E-state index in [1.807, 2.05) is 6.07 Å². The Morgan fingerprint density at radius 2 is 1.77 bits per heavy atom. The van der Waals surface area contributed by atoms with Crippen LogP contribution in [0.2, 0.25) is 0 Å². The molecule has 0 saturated heterocycles. The zero-order valence-corrected chi connectivity index (χ0v) is 20.7. The second kappa shape index (κ2) is 12.4. The van der Waals surface area contributed by atoms with Crippen molar-refractivity contribution >= 4 is 29.1 Å². The highest BCUT2D eigenvalue weighted by molar-refractivity contribution is 6.02. The normalized spacial score (nSPS) is 14.9. The van der Waals surface area contributed by atoms with E-state index in [2.05, 4.69) is 29.4 Å². The van der Waals surface area contributed by atoms with Crippen LogP contribution in [0.5, 0.6) is 5.75 Å². The summed E-state index contributed by atoms with van der Waals surface area (Å²) < 4.78 is 19.8. The summed E-state index contributed by atoms with van der Waals surface area (Å²) in [5, 5.41) is 14.8. The largest absolute Gasteiger partial charge is 0.479 e. The van der Waals surface area contributed by atoms with Crippen molar-refractivity contribution in [2.75, 3.05) is 22.1 Å². The van der Waals surface area contributed by atoms with Gasteiger partial charge in [-0.1, -0.05) is 52.2 Å². The predicted octanol–water partition coefficient (Wildman–Crippen LogP) is 6.51. The Labute approximate surface area is 206 Å². The molecule has 0 heterocycles. The highest BCUT2D eigenvalue weighted by atomic mass is 19.1. The molecular weight excluding hydrogens is 449 g/mol. The minimum atomic E-state index is -1.05. The minimum Gasteiger partial charge on any atom is -0.479 e. The maximum absolute atomic E-state index is 14.1. The number of nitrogens with zero attached hydrogens (tertiary/aromatic N) is 1. The number of urea groups is 1. The van der Waals surface area contributed by atoms with Crippen LogP contribution in [0.4, 0.5) is 26.2 Å². The number of halogens is 1. The first-order valence-electron chi connectivity index (χ1n) is 12.4. The van der Waals surface area contributed by atoms with Crippen molar-refractivity contribution < 1.29 is 23.8 Å². The summed E-state index contributed by atoms with van der Waals surface area (Å²) in [6, 6.07) is 11.0. The summed E-state index contributed by atoms with van der Waals surface area (Å²) in [5.41, 5.74) is 1.40. The molecule has 1 atom stereocenters. The maximum Gasteiger partial charge on any atom is 0.344 e. The second-order valence-corrected chi connectivity index (χ2v) is 9.43. The van der Waals surface area contributed by atoms with Gasteiger partial charge in [-0.05, 0) is 49.4 Å². The van der Waals surface area contributed by atoms with Gasteiger partial charge in [-0.25, -0.2) is 14.0 Å². The standard InChI is InChI=1S/C27H36FN3O4/c1-4-25(26(32)33)35-20-14-15-24(31(17-18(2)3)19-10-6-5-7-11-19)23(16-20)30-27(34)29-22-13-9-8-12-21(22)28/h8-9,12-16,18-19,25H,4-7,10-11,17H2,1-3H3,(H,32,33)(H2,29,30,34). The lowest BCUT2D eigenvalue weighted by molar-refractivity contribution is -0.145. The molecule has 2 aromatic rings. The Bertz CT molecular complexity index is 1010. The van der Waals surface area contributed by atoms with Crippen LogP contribution in [0.3, 0.4) is 0 Å². The lowest BCUT2D eigenvalue weighted by Crippen LogP contribution is -2.40. The molecule has 0 bridgehead atoms. The number of anilines is 3. The molecule has 0 radical (unpaired) electrons. The molecule has 1 aliphatic carbocycles. The van der Waals surface area contributed by atoms with E-state index in [0.717, 1.165) is 37.9 Å². The van der Waals surface area contributed by atoms with Crippen LogP contribution in [0.25, 0.3) is 0 Å². The molecular formula is C27H36FN3O4. The smallest absolute Gasteiger partial charge is 0.344 e. The molecule has 7 nitrogen and oxygen atoms in total. The molecule has 2 aromatic carbocycles. The van der Waals surface area contributed by atoms with Crippen LogP contribution >= 0.6 is 0 Å². The average Bonchev–Trinajstić information content (AvgIpc) is 2.83. The molecule has 1 fully saturated rings. The number of para-hydroxylation sites is 1. The molecule has 0 spiro atoms. The van der Waals surface area contributed by atoms with Crippen molar-refractivity contribution in [2.45, 2.75) is 71.4 Å². The first kappa shape index (κ1) is 26.3. The number of aliphatic carboxylic acids is 1. The summed E-state index contributed by atoms with van der Waals surface area (Å²) in [6.45, 7) is 6.86. The highest BCUT2D eigenvalue weighted by Gasteiger charge is 2.26. The molecule has 0 aliphatic heterocycles. The molecule has 2 amide bonds. The fourth-order valence-electron chi connectivity index (χ4n) is 4.48. The third-order valence-electron chi connectivity index (χ3n) is 6.15. The highest BCUT2D eigenvalue weighted by Crippen LogP contribution is 2.36. The zero-order chi connectivity index (χ0) is 25.4. The van der Waals surface area contributed by atoms with E-state index in [9.17, 15) is 19.1 Å². The molecule has 35 heavy (non-hydrogen) atoms. The van der Waals surface area contributed by atoms with Gasteiger partial charge in [0.2, 0.25) is 0 Å². The molecule has 1 unspecified atom stereocenters. The van der Waals surface area contributed by atoms with E-state index in [1.165, 1.54) is 18.6 Å². The minimum absolute atomic E-state index is 0.0715. The van der Waals surface area contributed by atoms with E-state index < -0.39 is 23.9 Å². The lowest BCUT2D eigenvalue weighted by atomic mass is 9.93. The molecule has 3 N–H and O–H groups in total. The van der Waals surface area contributed by atoms with Gasteiger partial charge >= 0.3 is 12.0 Å². The number of ether oxygens (including phenoxy) is 1. The summed E-state index contributed by atoms with van der Waals surface area (Å²) in [6.07, 6.45) is 5.00. The molecule has 190 valence electrons. The fraction of sp³-hybridized carbons (Fsp3) is 0.481. The van der Waals surface area contributed by atoms with Gasteiger partial charge in [0.25, 0.3) is 0 Å². The molecule has 0 aromatic heterocycles. The zero-order valence-electron chi connectivity index (χ0n) is 20.7. The summed E-state index contributed by atoms with van der Waals surface area (Å²) in [7, 11) is 0. The Balaban J connectivity index is 1.94. The van der Waals surface area contributed by atoms with E-state index >= 15 is 0 Å². The lowest BCUT2D eigenvalue weighted by Gasteiger charge is -2.38. The Kier molecular flexibility index (Phi) is 9.34. The van der Waals surface area contributed by atoms with Crippen LogP contribution in [0.15, 0.2) is 42.5 Å². The molecule has 1 aliphatic rings. The summed E-state index contributed by atoms with van der Waals surface area (Å²) in [5.74, 6) is -0.843. The third kappa shape index (κ3) is 7.34. The van der Waals surface area contributed by atoms with Gasteiger partial charge in [0.15, 0.2) is 6.10 Å². The van der Waals surface area contributed by atoms with Crippen molar-refractivity contribution in [1.29, 1.82) is 0 Å². The topological polar surface area (TPSA) is 90.9 Å². The number of benzene rings is 2. The first-order valence-corrected chi connectivity index (χ1v) is 12.4. The maximum atomic E-state index is 14.1. The quantitative estimate of drug-likeness (QED) is 0.357. The summed E-state index contributed by atoms with van der Waals surface area (Å²) >= 11 is 0. The van der Waals surface area contributed by atoms with Crippen molar-refractivity contribution in [3.05, 3.63) is 48.3 Å². The van der Waals surface area contributed by atoms with Gasteiger partial charge in [0, 0.05) is 18.7 Å². The van der Waals surface area contributed by atoms with Gasteiger partial charge in [-0.2, -0.15) is 0 Å². The Morgan fingerprint density at radius 3 is 2.40 bits per heavy atom. The second-order valence-electron chi connectivity index (χ2n) is 9.43. The first-order chi connectivity index (χ1) is 16.8. The van der Waals surface area contributed by atoms with Crippen molar-refractivity contribution in [3.8, 4) is 5.75 Å². The number of amides is 2. The van der Waals surface area contributed by atoms with E-state index in [0.29, 0.717) is 29.8 Å². The van der Waals surface area contributed by atoms with E-state index in [-0.39, 0.29) is 5.69 Å². The number of nitrogens with one attached hydrogen (secondary N) is 2. The number of carbonyl (C=O) groups is 2. The van der Waals surface area contributed by atoms with Gasteiger partial charge in [-0.3, -0.25) is 0 Å². The Morgan fingerprint density at radius 1 is 1.09 bits per heavy atom. The van der Waals surface area contributed by atoms with E-state index in [4.69, 9.17) is 4.74 Å². The number of rotatable bonds is 10. The number of hydrogen-bond acceptors (Lipinski definition) is 4. The molecule has 3 rings (SSSR count). The monoisotopic (exact) mass is 485 g/mol. The number of carboxylic acid groups (broad SMARTS) is 1. The number of carboxylic acids is 1. The Hall–Kier alpha value is -3.29. The average molecular weight is 486 g/mol. The predicted molar refractivity (Wildman–Crippen MR) is 137 cm³/mol. The van der Waals surface area contributed by atoms with Gasteiger partial charge in [0.05, 0.1) is 17.1 Å². The van der Waals surface area contributed by atoms with Crippen LogP contribution in [-0.2, 0) is 4.79 Å². The summed E-state index contributed by atoms with van der Waals surface area (Å²) in [4.78, 5) is 26.7. The van der Waals surface area contributed by atoms with Gasteiger partial charge < -0.3 is 25.4 Å². The third-order valence-corrected chi connectivity index (χ3v) is 6.15. The SMILES string of the molecule is CCC(Oc1ccc(N(CC(C)C)C2CCCCC2)c(NC(=O)Nc2ccccc2F)c1)C(=O)O. The number of hydrogen-bond donors (Lipinski definition) is 3. The van der Waals surface area contributed by atoms with Crippen molar-refractivity contribution in [1.82, 2.24) is 0 Å². The van der Waals surface area contributed by atoms with Crippen LogP contribution in [-0.4, -0.2) is 35.8 Å². The molecule has 1 saturated carbocycles. The van der Waals surface area contributed by atoms with Gasteiger partial charge in [0.1, 0.15) is 11.6 Å². The molecule has 8 heteroatoms. The van der Waals surface area contributed by atoms with Crippen molar-refractivity contribution in [2.24, 2.45) is 5.92 Å². The van der Waals surface area contributed by atoms with Crippen LogP contribution in [0.1, 0.15) is 59.3 Å². The number of carbonyl (C=O) groups excluding carboxylic acids is 1. The van der Waals surface area contributed by atoms with Crippen LogP contribution < -0.4 is 20.3 Å². The van der Waals surface area contributed by atoms with Gasteiger partial charge in [-0.15, -0.1) is 0 Å².